The van der Waals surface area contributed by atoms with Crippen LogP contribution in [0.2, 0.25) is 0 Å². The zero-order chi connectivity index (χ0) is 16.6. The van der Waals surface area contributed by atoms with Crippen LogP contribution in [-0.4, -0.2) is 30.1 Å². The Labute approximate surface area is 128 Å². The molecule has 0 spiro atoms. The van der Waals surface area contributed by atoms with Gasteiger partial charge in [0.2, 0.25) is 0 Å². The first-order chi connectivity index (χ1) is 9.34. The molecule has 1 rings (SSSR count). The Kier molecular flexibility index (Phi) is 4.73. The number of aromatic hydroxyl groups is 1. The van der Waals surface area contributed by atoms with Crippen molar-refractivity contribution in [2.75, 3.05) is 14.1 Å². The first kappa shape index (κ1) is 17.5. The molecule has 21 heavy (non-hydrogen) atoms. The van der Waals surface area contributed by atoms with Crippen LogP contribution in [-0.2, 0) is 10.8 Å². The van der Waals surface area contributed by atoms with Gasteiger partial charge in [0.1, 0.15) is 5.75 Å². The number of amides is 1. The third kappa shape index (κ3) is 4.21. The summed E-state index contributed by atoms with van der Waals surface area (Å²) in [6, 6.07) is 3.56. The molecule has 1 aromatic rings. The first-order valence-electron chi connectivity index (χ1n) is 7.20. The highest BCUT2D eigenvalue weighted by Crippen LogP contribution is 2.39. The van der Waals surface area contributed by atoms with E-state index in [1.54, 1.807) is 31.2 Å². The normalized spacial score (nSPS) is 12.6. The van der Waals surface area contributed by atoms with Crippen LogP contribution in [0.25, 0.3) is 0 Å². The summed E-state index contributed by atoms with van der Waals surface area (Å²) >= 11 is 0. The number of hydrogen-bond donors (Lipinski definition) is 2. The Morgan fingerprint density at radius 3 is 1.67 bits per heavy atom. The minimum absolute atomic E-state index is 0.170. The summed E-state index contributed by atoms with van der Waals surface area (Å²) in [5, 5.41) is 12.2. The van der Waals surface area contributed by atoms with E-state index in [0.29, 0.717) is 5.56 Å². The Balaban J connectivity index is 3.51. The van der Waals surface area contributed by atoms with Crippen molar-refractivity contribution in [2.45, 2.75) is 52.4 Å². The van der Waals surface area contributed by atoms with Gasteiger partial charge in [-0.25, -0.2) is 5.01 Å². The molecule has 1 aromatic carbocycles. The molecule has 0 atom stereocenters. The van der Waals surface area contributed by atoms with Gasteiger partial charge >= 0.3 is 0 Å². The SMILES string of the molecule is CN(C)NC(=O)c1cc(C(C)(C)C)c(O)c(C(C)(C)C)c1. The van der Waals surface area contributed by atoms with E-state index in [9.17, 15) is 9.90 Å². The third-order valence-corrected chi connectivity index (χ3v) is 3.31. The summed E-state index contributed by atoms with van der Waals surface area (Å²) in [4.78, 5) is 12.3. The quantitative estimate of drug-likeness (QED) is 0.823. The van der Waals surface area contributed by atoms with Crippen molar-refractivity contribution in [3.05, 3.63) is 28.8 Å². The smallest absolute Gasteiger partial charge is 0.265 e. The maximum Gasteiger partial charge on any atom is 0.265 e. The molecule has 0 bridgehead atoms. The summed E-state index contributed by atoms with van der Waals surface area (Å²) in [5.41, 5.74) is 4.42. The van der Waals surface area contributed by atoms with E-state index in [1.807, 2.05) is 41.5 Å². The molecule has 0 radical (unpaired) electrons. The van der Waals surface area contributed by atoms with E-state index < -0.39 is 0 Å². The van der Waals surface area contributed by atoms with Gasteiger partial charge in [0, 0.05) is 30.8 Å². The lowest BCUT2D eigenvalue weighted by Gasteiger charge is -2.28. The van der Waals surface area contributed by atoms with Gasteiger partial charge in [-0.3, -0.25) is 10.2 Å². The maximum atomic E-state index is 12.3. The standard InChI is InChI=1S/C17H28N2O2/c1-16(2,3)12-9-11(15(21)18-19(7)8)10-13(14(12)20)17(4,5)6/h9-10,20H,1-8H3,(H,18,21). The van der Waals surface area contributed by atoms with Crippen molar-refractivity contribution in [2.24, 2.45) is 0 Å². The van der Waals surface area contributed by atoms with Crippen LogP contribution < -0.4 is 5.43 Å². The first-order valence-corrected chi connectivity index (χ1v) is 7.20. The molecule has 0 unspecified atom stereocenters. The fraction of sp³-hybridized carbons (Fsp3) is 0.588. The molecule has 2 N–H and O–H groups in total. The zero-order valence-corrected chi connectivity index (χ0v) is 14.5. The number of carbonyl (C=O) groups is 1. The molecule has 4 heteroatoms. The van der Waals surface area contributed by atoms with Crippen LogP contribution in [0.15, 0.2) is 12.1 Å². The molecule has 4 nitrogen and oxygen atoms in total. The molecule has 0 aliphatic carbocycles. The van der Waals surface area contributed by atoms with Crippen LogP contribution in [0.5, 0.6) is 5.75 Å². The van der Waals surface area contributed by atoms with Gasteiger partial charge in [-0.2, -0.15) is 0 Å². The Morgan fingerprint density at radius 1 is 1.00 bits per heavy atom. The lowest BCUT2D eigenvalue weighted by atomic mass is 9.78. The van der Waals surface area contributed by atoms with E-state index in [2.05, 4.69) is 5.43 Å². The number of carbonyl (C=O) groups excluding carboxylic acids is 1. The summed E-state index contributed by atoms with van der Waals surface area (Å²) in [6.07, 6.45) is 0. The van der Waals surface area contributed by atoms with Crippen LogP contribution >= 0.6 is 0 Å². The van der Waals surface area contributed by atoms with Gasteiger partial charge in [-0.05, 0) is 23.0 Å². The minimum Gasteiger partial charge on any atom is -0.507 e. The molecular formula is C17H28N2O2. The second-order valence-electron chi connectivity index (χ2n) is 7.76. The molecule has 0 saturated carbocycles. The summed E-state index contributed by atoms with van der Waals surface area (Å²) in [7, 11) is 3.54. The fourth-order valence-corrected chi connectivity index (χ4v) is 2.18. The lowest BCUT2D eigenvalue weighted by Crippen LogP contribution is -2.36. The van der Waals surface area contributed by atoms with Gasteiger partial charge in [0.05, 0.1) is 0 Å². The molecule has 0 heterocycles. The predicted molar refractivity (Wildman–Crippen MR) is 86.7 cm³/mol. The van der Waals surface area contributed by atoms with Gasteiger partial charge in [-0.15, -0.1) is 0 Å². The van der Waals surface area contributed by atoms with Crippen molar-refractivity contribution >= 4 is 5.91 Å². The van der Waals surface area contributed by atoms with Crippen molar-refractivity contribution in [1.82, 2.24) is 10.4 Å². The molecule has 0 aromatic heterocycles. The number of phenols is 1. The minimum atomic E-state index is -0.238. The summed E-state index contributed by atoms with van der Waals surface area (Å²) in [5.74, 6) is 0.118. The third-order valence-electron chi connectivity index (χ3n) is 3.31. The van der Waals surface area contributed by atoms with Crippen LogP contribution in [0, 0.1) is 0 Å². The summed E-state index contributed by atoms with van der Waals surface area (Å²) in [6.45, 7) is 12.2. The van der Waals surface area contributed by atoms with Crippen molar-refractivity contribution in [1.29, 1.82) is 0 Å². The number of hydrazine groups is 1. The Bertz CT molecular complexity index is 500. The lowest BCUT2D eigenvalue weighted by molar-refractivity contribution is 0.0856. The van der Waals surface area contributed by atoms with Crippen molar-refractivity contribution in [3.8, 4) is 5.75 Å². The van der Waals surface area contributed by atoms with E-state index >= 15 is 0 Å². The largest absolute Gasteiger partial charge is 0.507 e. The van der Waals surface area contributed by atoms with Crippen LogP contribution in [0.4, 0.5) is 0 Å². The monoisotopic (exact) mass is 292 g/mol. The molecule has 1 amide bonds. The number of benzene rings is 1. The second-order valence-corrected chi connectivity index (χ2v) is 7.76. The zero-order valence-electron chi connectivity index (χ0n) is 14.5. The second kappa shape index (κ2) is 5.68. The van der Waals surface area contributed by atoms with Crippen molar-refractivity contribution in [3.63, 3.8) is 0 Å². The molecule has 0 aliphatic rings. The van der Waals surface area contributed by atoms with Gasteiger partial charge in [0.25, 0.3) is 5.91 Å². The van der Waals surface area contributed by atoms with Gasteiger partial charge in [0.15, 0.2) is 0 Å². The Hall–Kier alpha value is -1.55. The van der Waals surface area contributed by atoms with Crippen LogP contribution in [0.3, 0.4) is 0 Å². The van der Waals surface area contributed by atoms with Crippen molar-refractivity contribution < 1.29 is 9.90 Å². The van der Waals surface area contributed by atoms with Crippen LogP contribution in [0.1, 0.15) is 63.0 Å². The molecular weight excluding hydrogens is 264 g/mol. The number of rotatable bonds is 2. The average Bonchev–Trinajstić information content (AvgIpc) is 2.24. The average molecular weight is 292 g/mol. The molecule has 0 fully saturated rings. The molecule has 0 aliphatic heterocycles. The highest BCUT2D eigenvalue weighted by molar-refractivity contribution is 5.94. The number of nitrogens with one attached hydrogen (secondary N) is 1. The predicted octanol–water partition coefficient (Wildman–Crippen LogP) is 3.19. The molecule has 0 saturated heterocycles. The Morgan fingerprint density at radius 2 is 1.38 bits per heavy atom. The number of nitrogens with zero attached hydrogens (tertiary/aromatic N) is 1. The topological polar surface area (TPSA) is 52.6 Å². The van der Waals surface area contributed by atoms with E-state index in [-0.39, 0.29) is 22.5 Å². The fourth-order valence-electron chi connectivity index (χ4n) is 2.18. The van der Waals surface area contributed by atoms with E-state index in [0.717, 1.165) is 11.1 Å². The van der Waals surface area contributed by atoms with Gasteiger partial charge < -0.3 is 5.11 Å². The van der Waals surface area contributed by atoms with Gasteiger partial charge in [-0.1, -0.05) is 41.5 Å². The number of phenolic OH excluding ortho intramolecular Hbond substituents is 1. The number of hydrogen-bond acceptors (Lipinski definition) is 3. The maximum absolute atomic E-state index is 12.3. The summed E-state index contributed by atoms with van der Waals surface area (Å²) < 4.78 is 0. The van der Waals surface area contributed by atoms with E-state index in [1.165, 1.54) is 0 Å². The van der Waals surface area contributed by atoms with E-state index in [4.69, 9.17) is 0 Å². The highest BCUT2D eigenvalue weighted by atomic mass is 16.3. The molecule has 118 valence electrons. The highest BCUT2D eigenvalue weighted by Gasteiger charge is 2.27.